The van der Waals surface area contributed by atoms with Crippen molar-refractivity contribution in [3.63, 3.8) is 0 Å². The van der Waals surface area contributed by atoms with E-state index < -0.39 is 0 Å². The van der Waals surface area contributed by atoms with Gasteiger partial charge in [0.2, 0.25) is 0 Å². The first-order valence-electron chi connectivity index (χ1n) is 7.64. The van der Waals surface area contributed by atoms with Gasteiger partial charge in [-0.05, 0) is 6.42 Å². The fourth-order valence-electron chi connectivity index (χ4n) is 2.47. The first kappa shape index (κ1) is 15.7. The minimum absolute atomic E-state index is 0.0915. The van der Waals surface area contributed by atoms with E-state index in [-0.39, 0.29) is 18.2 Å². The molecule has 0 aliphatic heterocycles. The second-order valence-electron chi connectivity index (χ2n) is 5.38. The van der Waals surface area contributed by atoms with Crippen molar-refractivity contribution in [1.82, 2.24) is 20.3 Å². The van der Waals surface area contributed by atoms with Gasteiger partial charge in [-0.15, -0.1) is 0 Å². The fraction of sp³-hybridized carbons (Fsp3) is 0.600. The highest BCUT2D eigenvalue weighted by Crippen LogP contribution is 2.12. The quantitative estimate of drug-likeness (QED) is 0.529. The van der Waals surface area contributed by atoms with E-state index >= 15 is 0 Å². The number of rotatable bonds is 9. The molecule has 0 fully saturated rings. The Bertz CT molecular complexity index is 605. The number of hydrogen-bond donors (Lipinski definition) is 4. The fourth-order valence-corrected chi connectivity index (χ4v) is 2.47. The van der Waals surface area contributed by atoms with Gasteiger partial charge in [-0.3, -0.25) is 4.79 Å². The van der Waals surface area contributed by atoms with Crippen LogP contribution in [0.5, 0.6) is 0 Å². The van der Waals surface area contributed by atoms with Crippen LogP contribution in [0.15, 0.2) is 17.3 Å². The van der Waals surface area contributed by atoms with Gasteiger partial charge < -0.3 is 20.4 Å². The summed E-state index contributed by atoms with van der Waals surface area (Å²) in [5.41, 5.74) is 1.97. The molecule has 2 aromatic heterocycles. The Morgan fingerprint density at radius 2 is 2.19 bits per heavy atom. The third-order valence-corrected chi connectivity index (χ3v) is 3.76. The van der Waals surface area contributed by atoms with Gasteiger partial charge in [0.1, 0.15) is 5.52 Å². The summed E-state index contributed by atoms with van der Waals surface area (Å²) in [6.07, 6.45) is 8.96. The minimum atomic E-state index is -0.162. The molecule has 6 heteroatoms. The van der Waals surface area contributed by atoms with Crippen molar-refractivity contribution in [3.8, 4) is 0 Å². The van der Waals surface area contributed by atoms with Crippen molar-refractivity contribution in [2.75, 3.05) is 6.61 Å². The van der Waals surface area contributed by atoms with E-state index in [9.17, 15) is 9.90 Å². The molecule has 0 aliphatic rings. The Morgan fingerprint density at radius 1 is 1.33 bits per heavy atom. The highest BCUT2D eigenvalue weighted by molar-refractivity contribution is 5.77. The number of hydrogen-bond acceptors (Lipinski definition) is 4. The number of H-pyrrole nitrogens is 2. The van der Waals surface area contributed by atoms with Crippen LogP contribution in [0.2, 0.25) is 0 Å². The maximum absolute atomic E-state index is 11.6. The molecule has 0 aliphatic carbocycles. The summed E-state index contributed by atoms with van der Waals surface area (Å²) in [7, 11) is 0. The van der Waals surface area contributed by atoms with E-state index in [0.717, 1.165) is 18.4 Å². The molecule has 0 radical (unpaired) electrons. The van der Waals surface area contributed by atoms with Crippen LogP contribution in [0, 0.1) is 0 Å². The average molecular weight is 292 g/mol. The molecule has 6 nitrogen and oxygen atoms in total. The van der Waals surface area contributed by atoms with Crippen molar-refractivity contribution in [3.05, 3.63) is 28.4 Å². The lowest BCUT2D eigenvalue weighted by atomic mass is 10.1. The molecule has 116 valence electrons. The lowest BCUT2D eigenvalue weighted by molar-refractivity contribution is 0.232. The lowest BCUT2D eigenvalue weighted by Crippen LogP contribution is -2.31. The van der Waals surface area contributed by atoms with Crippen LogP contribution in [0.4, 0.5) is 0 Å². The second kappa shape index (κ2) is 7.95. The number of nitrogens with zero attached hydrogens (tertiary/aromatic N) is 1. The monoisotopic (exact) mass is 292 g/mol. The summed E-state index contributed by atoms with van der Waals surface area (Å²) >= 11 is 0. The van der Waals surface area contributed by atoms with Crippen molar-refractivity contribution in [2.45, 2.75) is 51.6 Å². The molecule has 1 atom stereocenters. The van der Waals surface area contributed by atoms with Gasteiger partial charge in [0, 0.05) is 24.3 Å². The summed E-state index contributed by atoms with van der Waals surface area (Å²) in [5.74, 6) is 0. The number of aliphatic hydroxyl groups excluding tert-OH is 1. The van der Waals surface area contributed by atoms with Gasteiger partial charge in [0.05, 0.1) is 18.5 Å². The van der Waals surface area contributed by atoms with Crippen LogP contribution in [-0.2, 0) is 6.54 Å². The Hall–Kier alpha value is -1.66. The topological polar surface area (TPSA) is 93.8 Å². The van der Waals surface area contributed by atoms with Crippen molar-refractivity contribution in [1.29, 1.82) is 0 Å². The van der Waals surface area contributed by atoms with Crippen molar-refractivity contribution < 1.29 is 5.11 Å². The SMILES string of the molecule is CCCCCC[C@@H](CO)NCc1c[nH]c2c(=O)[nH]cnc12. The zero-order chi connectivity index (χ0) is 15.1. The van der Waals surface area contributed by atoms with Crippen LogP contribution in [0.1, 0.15) is 44.6 Å². The Balaban J connectivity index is 1.91. The van der Waals surface area contributed by atoms with Gasteiger partial charge >= 0.3 is 0 Å². The zero-order valence-corrected chi connectivity index (χ0v) is 12.5. The first-order chi connectivity index (χ1) is 10.3. The number of fused-ring (bicyclic) bond motifs is 1. The summed E-state index contributed by atoms with van der Waals surface area (Å²) in [6, 6.07) is 0.0915. The zero-order valence-electron chi connectivity index (χ0n) is 12.5. The largest absolute Gasteiger partial charge is 0.395 e. The molecule has 2 aromatic rings. The molecule has 0 aromatic carbocycles. The molecule has 0 saturated carbocycles. The third-order valence-electron chi connectivity index (χ3n) is 3.76. The van der Waals surface area contributed by atoms with Gasteiger partial charge in [-0.25, -0.2) is 4.98 Å². The summed E-state index contributed by atoms with van der Waals surface area (Å²) in [6.45, 7) is 2.91. The van der Waals surface area contributed by atoms with E-state index in [1.165, 1.54) is 25.6 Å². The van der Waals surface area contributed by atoms with Crippen LogP contribution < -0.4 is 10.9 Å². The smallest absolute Gasteiger partial charge is 0.275 e. The third kappa shape index (κ3) is 4.15. The number of aromatic nitrogens is 3. The van der Waals surface area contributed by atoms with E-state index in [4.69, 9.17) is 0 Å². The average Bonchev–Trinajstić information content (AvgIpc) is 2.91. The molecule has 0 amide bonds. The molecule has 0 unspecified atom stereocenters. The van der Waals surface area contributed by atoms with E-state index in [0.29, 0.717) is 17.6 Å². The van der Waals surface area contributed by atoms with E-state index in [2.05, 4.69) is 27.2 Å². The maximum atomic E-state index is 11.6. The number of aromatic amines is 2. The highest BCUT2D eigenvalue weighted by atomic mass is 16.3. The second-order valence-corrected chi connectivity index (χ2v) is 5.38. The number of unbranched alkanes of at least 4 members (excludes halogenated alkanes) is 3. The van der Waals surface area contributed by atoms with Crippen molar-refractivity contribution >= 4 is 11.0 Å². The molecule has 2 rings (SSSR count). The normalized spacial score (nSPS) is 12.9. The molecule has 0 spiro atoms. The van der Waals surface area contributed by atoms with Crippen LogP contribution in [0.25, 0.3) is 11.0 Å². The van der Waals surface area contributed by atoms with Crippen LogP contribution in [0.3, 0.4) is 0 Å². The van der Waals surface area contributed by atoms with Gasteiger partial charge in [0.15, 0.2) is 0 Å². The van der Waals surface area contributed by atoms with E-state index in [1.807, 2.05) is 0 Å². The van der Waals surface area contributed by atoms with E-state index in [1.54, 1.807) is 6.20 Å². The first-order valence-corrected chi connectivity index (χ1v) is 7.64. The van der Waals surface area contributed by atoms with Gasteiger partial charge in [-0.1, -0.05) is 32.6 Å². The van der Waals surface area contributed by atoms with Crippen molar-refractivity contribution in [2.24, 2.45) is 0 Å². The molecular formula is C15H24N4O2. The van der Waals surface area contributed by atoms with Crippen LogP contribution in [-0.4, -0.2) is 32.7 Å². The summed E-state index contributed by atoms with van der Waals surface area (Å²) in [5, 5.41) is 12.8. The highest BCUT2D eigenvalue weighted by Gasteiger charge is 2.10. The van der Waals surface area contributed by atoms with Crippen LogP contribution >= 0.6 is 0 Å². The molecule has 0 saturated heterocycles. The standard InChI is InChI=1S/C15H24N4O2/c1-2-3-4-5-6-12(9-20)16-7-11-8-17-14-13(11)18-10-19-15(14)21/h8,10,12,16-17,20H,2-7,9H2,1H3,(H,18,19,21)/t12-/m0/s1. The van der Waals surface area contributed by atoms with Gasteiger partial charge in [-0.2, -0.15) is 0 Å². The minimum Gasteiger partial charge on any atom is -0.395 e. The number of aliphatic hydroxyl groups is 1. The lowest BCUT2D eigenvalue weighted by Gasteiger charge is -2.15. The predicted octanol–water partition coefficient (Wildman–Crippen LogP) is 1.67. The Labute approximate surface area is 124 Å². The molecule has 21 heavy (non-hydrogen) atoms. The maximum Gasteiger partial charge on any atom is 0.275 e. The van der Waals surface area contributed by atoms with Gasteiger partial charge in [0.25, 0.3) is 5.56 Å². The summed E-state index contributed by atoms with van der Waals surface area (Å²) in [4.78, 5) is 21.3. The summed E-state index contributed by atoms with van der Waals surface area (Å²) < 4.78 is 0. The Kier molecular flexibility index (Phi) is 5.95. The number of nitrogens with one attached hydrogen (secondary N) is 3. The molecular weight excluding hydrogens is 268 g/mol. The molecule has 4 N–H and O–H groups in total. The Morgan fingerprint density at radius 3 is 2.95 bits per heavy atom. The predicted molar refractivity (Wildman–Crippen MR) is 83.2 cm³/mol. The molecule has 2 heterocycles. The molecule has 0 bridgehead atoms.